The molecule has 6 nitrogen and oxygen atoms in total. The lowest BCUT2D eigenvalue weighted by Crippen LogP contribution is -2.40. The Hall–Kier alpha value is -2.37. The zero-order valence-corrected chi connectivity index (χ0v) is 14.8. The molecular weight excluding hydrogens is 306 g/mol. The third-order valence-corrected chi connectivity index (χ3v) is 4.18. The minimum absolute atomic E-state index is 0.00175. The second kappa shape index (κ2) is 7.03. The van der Waals surface area contributed by atoms with Gasteiger partial charge in [0, 0.05) is 26.6 Å². The van der Waals surface area contributed by atoms with Crippen LogP contribution in [0, 0.1) is 6.92 Å². The molecule has 1 aromatic carbocycles. The largest absolute Gasteiger partial charge is 0.341 e. The molecule has 4 amide bonds. The lowest BCUT2D eigenvalue weighted by molar-refractivity contribution is -0.132. The Morgan fingerprint density at radius 2 is 1.83 bits per heavy atom. The van der Waals surface area contributed by atoms with Crippen LogP contribution in [-0.2, 0) is 16.1 Å². The number of urea groups is 1. The maximum absolute atomic E-state index is 12.2. The molecule has 6 heteroatoms. The van der Waals surface area contributed by atoms with Gasteiger partial charge in [0.1, 0.15) is 5.54 Å². The Morgan fingerprint density at radius 3 is 2.38 bits per heavy atom. The summed E-state index contributed by atoms with van der Waals surface area (Å²) in [5.41, 5.74) is 1.40. The third kappa shape index (κ3) is 4.13. The summed E-state index contributed by atoms with van der Waals surface area (Å²) in [5, 5.41) is 2.63. The van der Waals surface area contributed by atoms with Crippen molar-refractivity contribution in [3.05, 3.63) is 35.4 Å². The van der Waals surface area contributed by atoms with E-state index in [9.17, 15) is 14.4 Å². The maximum Gasteiger partial charge on any atom is 0.325 e. The first kappa shape index (κ1) is 18.0. The maximum atomic E-state index is 12.2. The fourth-order valence-corrected chi connectivity index (χ4v) is 2.66. The molecule has 1 saturated heterocycles. The number of carbonyl (C=O) groups excluding carboxylic acids is 3. The first-order chi connectivity index (χ1) is 11.2. The van der Waals surface area contributed by atoms with E-state index in [0.717, 1.165) is 5.56 Å². The van der Waals surface area contributed by atoms with Gasteiger partial charge < -0.3 is 10.2 Å². The number of imide groups is 1. The van der Waals surface area contributed by atoms with Crippen molar-refractivity contribution in [1.82, 2.24) is 15.1 Å². The molecule has 1 aromatic rings. The third-order valence-electron chi connectivity index (χ3n) is 4.18. The molecule has 0 aromatic heterocycles. The van der Waals surface area contributed by atoms with Gasteiger partial charge in [-0.3, -0.25) is 14.5 Å². The van der Waals surface area contributed by atoms with Crippen LogP contribution in [-0.4, -0.2) is 46.8 Å². The Morgan fingerprint density at radius 1 is 1.21 bits per heavy atom. The van der Waals surface area contributed by atoms with Gasteiger partial charge in [-0.2, -0.15) is 0 Å². The van der Waals surface area contributed by atoms with Crippen molar-refractivity contribution >= 4 is 17.8 Å². The quantitative estimate of drug-likeness (QED) is 0.811. The van der Waals surface area contributed by atoms with Gasteiger partial charge >= 0.3 is 6.03 Å². The molecule has 1 aliphatic heterocycles. The summed E-state index contributed by atoms with van der Waals surface area (Å²) < 4.78 is 0. The van der Waals surface area contributed by atoms with Crippen molar-refractivity contribution in [3.8, 4) is 0 Å². The SMILES string of the molecule is Cc1ccc(CN(C)C(=O)CCCN2C(=O)NC(C)(C)C2=O)cc1. The van der Waals surface area contributed by atoms with Crippen molar-refractivity contribution < 1.29 is 14.4 Å². The molecule has 1 aliphatic rings. The van der Waals surface area contributed by atoms with E-state index in [1.807, 2.05) is 31.2 Å². The Labute approximate surface area is 142 Å². The number of hydrogen-bond donors (Lipinski definition) is 1. The van der Waals surface area contributed by atoms with E-state index in [1.165, 1.54) is 10.5 Å². The van der Waals surface area contributed by atoms with Gasteiger partial charge in [0.2, 0.25) is 5.91 Å². The molecule has 2 rings (SSSR count). The van der Waals surface area contributed by atoms with Gasteiger partial charge in [0.05, 0.1) is 0 Å². The summed E-state index contributed by atoms with van der Waals surface area (Å²) in [6.45, 7) is 6.19. The summed E-state index contributed by atoms with van der Waals surface area (Å²) in [6, 6.07) is 7.67. The van der Waals surface area contributed by atoms with Crippen molar-refractivity contribution in [2.75, 3.05) is 13.6 Å². The first-order valence-corrected chi connectivity index (χ1v) is 8.14. The van der Waals surface area contributed by atoms with Crippen molar-refractivity contribution in [2.45, 2.75) is 45.7 Å². The number of nitrogens with zero attached hydrogens (tertiary/aromatic N) is 2. The molecule has 0 spiro atoms. The van der Waals surface area contributed by atoms with E-state index in [2.05, 4.69) is 5.32 Å². The smallest absolute Gasteiger partial charge is 0.325 e. The topological polar surface area (TPSA) is 69.7 Å². The van der Waals surface area contributed by atoms with E-state index in [4.69, 9.17) is 0 Å². The van der Waals surface area contributed by atoms with Crippen LogP contribution in [0.4, 0.5) is 4.79 Å². The average molecular weight is 331 g/mol. The number of hydrogen-bond acceptors (Lipinski definition) is 3. The van der Waals surface area contributed by atoms with E-state index < -0.39 is 5.54 Å². The number of carbonyl (C=O) groups is 3. The predicted molar refractivity (Wildman–Crippen MR) is 91.2 cm³/mol. The minimum atomic E-state index is -0.858. The van der Waals surface area contributed by atoms with Crippen LogP contribution in [0.5, 0.6) is 0 Å². The molecule has 0 radical (unpaired) electrons. The Kier molecular flexibility index (Phi) is 5.26. The van der Waals surface area contributed by atoms with Crippen molar-refractivity contribution in [1.29, 1.82) is 0 Å². The second-order valence-corrected chi connectivity index (χ2v) is 6.85. The van der Waals surface area contributed by atoms with Crippen LogP contribution >= 0.6 is 0 Å². The van der Waals surface area contributed by atoms with Gasteiger partial charge in [-0.25, -0.2) is 4.79 Å². The van der Waals surface area contributed by atoms with E-state index in [-0.39, 0.29) is 24.4 Å². The number of nitrogens with one attached hydrogen (secondary N) is 1. The van der Waals surface area contributed by atoms with Crippen LogP contribution in [0.15, 0.2) is 24.3 Å². The summed E-state index contributed by atoms with van der Waals surface area (Å²) in [7, 11) is 1.76. The highest BCUT2D eigenvalue weighted by Gasteiger charge is 2.43. The van der Waals surface area contributed by atoms with Gasteiger partial charge in [-0.15, -0.1) is 0 Å². The van der Waals surface area contributed by atoms with Gasteiger partial charge in [-0.05, 0) is 32.8 Å². The molecule has 24 heavy (non-hydrogen) atoms. The van der Waals surface area contributed by atoms with Gasteiger partial charge in [0.25, 0.3) is 5.91 Å². The molecule has 0 bridgehead atoms. The second-order valence-electron chi connectivity index (χ2n) is 6.85. The average Bonchev–Trinajstić information content (AvgIpc) is 2.71. The highest BCUT2D eigenvalue weighted by Crippen LogP contribution is 2.17. The highest BCUT2D eigenvalue weighted by molar-refractivity contribution is 6.06. The van der Waals surface area contributed by atoms with E-state index in [1.54, 1.807) is 25.8 Å². The molecule has 0 aliphatic carbocycles. The van der Waals surface area contributed by atoms with Crippen molar-refractivity contribution in [2.24, 2.45) is 0 Å². The Bertz CT molecular complexity index is 637. The minimum Gasteiger partial charge on any atom is -0.341 e. The lowest BCUT2D eigenvalue weighted by Gasteiger charge is -2.19. The van der Waals surface area contributed by atoms with E-state index in [0.29, 0.717) is 19.4 Å². The van der Waals surface area contributed by atoms with E-state index >= 15 is 0 Å². The fourth-order valence-electron chi connectivity index (χ4n) is 2.66. The number of aryl methyl sites for hydroxylation is 1. The highest BCUT2D eigenvalue weighted by atomic mass is 16.2. The molecule has 0 atom stereocenters. The Balaban J connectivity index is 1.79. The lowest BCUT2D eigenvalue weighted by atomic mass is 10.1. The number of rotatable bonds is 6. The molecule has 1 heterocycles. The standard InChI is InChI=1S/C18H25N3O3/c1-13-7-9-14(10-8-13)12-20(4)15(22)6-5-11-21-16(23)18(2,3)19-17(21)24/h7-10H,5-6,11-12H2,1-4H3,(H,19,24). The fraction of sp³-hybridized carbons (Fsp3) is 0.500. The molecule has 0 saturated carbocycles. The summed E-state index contributed by atoms with van der Waals surface area (Å²) in [6.07, 6.45) is 0.770. The van der Waals surface area contributed by atoms with Gasteiger partial charge in [0.15, 0.2) is 0 Å². The molecule has 1 fully saturated rings. The van der Waals surface area contributed by atoms with Crippen LogP contribution in [0.25, 0.3) is 0 Å². The summed E-state index contributed by atoms with van der Waals surface area (Å²) in [5.74, 6) is -0.241. The predicted octanol–water partition coefficient (Wildman–Crippen LogP) is 2.06. The van der Waals surface area contributed by atoms with Crippen LogP contribution < -0.4 is 5.32 Å². The summed E-state index contributed by atoms with van der Waals surface area (Å²) in [4.78, 5) is 38.9. The summed E-state index contributed by atoms with van der Waals surface area (Å²) >= 11 is 0. The van der Waals surface area contributed by atoms with Crippen molar-refractivity contribution in [3.63, 3.8) is 0 Å². The number of amides is 4. The van der Waals surface area contributed by atoms with Crippen LogP contribution in [0.2, 0.25) is 0 Å². The molecular formula is C18H25N3O3. The normalized spacial score (nSPS) is 16.2. The van der Waals surface area contributed by atoms with Crippen LogP contribution in [0.3, 0.4) is 0 Å². The molecule has 1 N–H and O–H groups in total. The molecule has 0 unspecified atom stereocenters. The zero-order chi connectivity index (χ0) is 17.9. The number of benzene rings is 1. The molecule has 130 valence electrons. The zero-order valence-electron chi connectivity index (χ0n) is 14.8. The van der Waals surface area contributed by atoms with Gasteiger partial charge in [-0.1, -0.05) is 29.8 Å². The van der Waals surface area contributed by atoms with Crippen LogP contribution in [0.1, 0.15) is 37.8 Å². The monoisotopic (exact) mass is 331 g/mol. The first-order valence-electron chi connectivity index (χ1n) is 8.14.